The number of rotatable bonds is 1. The Balaban J connectivity index is 2.64. The maximum atomic E-state index is 13.3. The van der Waals surface area contributed by atoms with Crippen LogP contribution in [0.5, 0.6) is 0 Å². The highest BCUT2D eigenvalue weighted by Gasteiger charge is 2.13. The van der Waals surface area contributed by atoms with Crippen molar-refractivity contribution in [2.45, 2.75) is 0 Å². The molecule has 0 unspecified atom stereocenters. The molecule has 0 aliphatic carbocycles. The molecular weight excluding hydrogens is 239 g/mol. The second-order valence-corrected chi connectivity index (χ2v) is 3.31. The molecule has 0 fully saturated rings. The summed E-state index contributed by atoms with van der Waals surface area (Å²) < 4.78 is 64.6. The van der Waals surface area contributed by atoms with E-state index in [1.807, 2.05) is 0 Å². The molecule has 0 saturated carbocycles. The fraction of sp³-hybridized carbons (Fsp3) is 0. The summed E-state index contributed by atoms with van der Waals surface area (Å²) in [6.07, 6.45) is 0. The summed E-state index contributed by atoms with van der Waals surface area (Å²) in [6, 6.07) is 4.11. The molecule has 2 rings (SSSR count). The van der Waals surface area contributed by atoms with Gasteiger partial charge in [0.25, 0.3) is 0 Å². The first-order valence-corrected chi connectivity index (χ1v) is 4.50. The van der Waals surface area contributed by atoms with Crippen LogP contribution in [0.4, 0.5) is 22.0 Å². The SMILES string of the molecule is Fc1[c]c(F)cc(-c2cc(F)c(F)cc2F)c1. The van der Waals surface area contributed by atoms with Gasteiger partial charge in [0.1, 0.15) is 17.5 Å². The van der Waals surface area contributed by atoms with E-state index >= 15 is 0 Å². The molecule has 0 spiro atoms. The lowest BCUT2D eigenvalue weighted by atomic mass is 10.0. The molecule has 0 aliphatic rings. The first-order chi connectivity index (χ1) is 7.97. The third-order valence-electron chi connectivity index (χ3n) is 2.12. The van der Waals surface area contributed by atoms with Gasteiger partial charge in [-0.05, 0) is 23.8 Å². The molecule has 87 valence electrons. The third-order valence-corrected chi connectivity index (χ3v) is 2.12. The molecule has 0 bridgehead atoms. The van der Waals surface area contributed by atoms with Crippen molar-refractivity contribution >= 4 is 0 Å². The van der Waals surface area contributed by atoms with Gasteiger partial charge in [-0.15, -0.1) is 0 Å². The maximum absolute atomic E-state index is 13.3. The minimum atomic E-state index is -1.37. The molecule has 17 heavy (non-hydrogen) atoms. The number of halogens is 5. The molecule has 0 saturated heterocycles. The minimum absolute atomic E-state index is 0.227. The fourth-order valence-electron chi connectivity index (χ4n) is 1.40. The summed E-state index contributed by atoms with van der Waals surface area (Å²) in [6.45, 7) is 0. The Hall–Kier alpha value is -1.91. The van der Waals surface area contributed by atoms with Crippen molar-refractivity contribution in [3.8, 4) is 11.1 Å². The van der Waals surface area contributed by atoms with Gasteiger partial charge >= 0.3 is 0 Å². The lowest BCUT2D eigenvalue weighted by molar-refractivity contribution is 0.496. The molecule has 0 amide bonds. The number of benzene rings is 2. The second kappa shape index (κ2) is 4.16. The van der Waals surface area contributed by atoms with Crippen LogP contribution in [0.2, 0.25) is 0 Å². The van der Waals surface area contributed by atoms with E-state index in [4.69, 9.17) is 0 Å². The van der Waals surface area contributed by atoms with Crippen molar-refractivity contribution in [2.75, 3.05) is 0 Å². The fourth-order valence-corrected chi connectivity index (χ4v) is 1.40. The molecule has 0 heterocycles. The Morgan fingerprint density at radius 3 is 1.76 bits per heavy atom. The highest BCUT2D eigenvalue weighted by molar-refractivity contribution is 5.64. The predicted octanol–water partition coefficient (Wildman–Crippen LogP) is 3.85. The van der Waals surface area contributed by atoms with Crippen molar-refractivity contribution in [1.29, 1.82) is 0 Å². The van der Waals surface area contributed by atoms with E-state index in [9.17, 15) is 22.0 Å². The molecule has 0 nitrogen and oxygen atoms in total. The van der Waals surface area contributed by atoms with Gasteiger partial charge in [-0.25, -0.2) is 22.0 Å². The van der Waals surface area contributed by atoms with Crippen LogP contribution < -0.4 is 0 Å². The smallest absolute Gasteiger partial charge is 0.161 e. The zero-order valence-electron chi connectivity index (χ0n) is 8.20. The molecule has 1 radical (unpaired) electrons. The number of hydrogen-bond donors (Lipinski definition) is 0. The van der Waals surface area contributed by atoms with Gasteiger partial charge in [-0.2, -0.15) is 0 Å². The van der Waals surface area contributed by atoms with E-state index in [0.29, 0.717) is 12.1 Å². The molecule has 0 N–H and O–H groups in total. The Labute approximate surface area is 93.3 Å². The van der Waals surface area contributed by atoms with Crippen molar-refractivity contribution in [3.63, 3.8) is 0 Å². The minimum Gasteiger partial charge on any atom is -0.206 e. The average Bonchev–Trinajstić information content (AvgIpc) is 2.22. The van der Waals surface area contributed by atoms with E-state index < -0.39 is 34.6 Å². The van der Waals surface area contributed by atoms with Crippen LogP contribution in [0.25, 0.3) is 11.1 Å². The summed E-state index contributed by atoms with van der Waals surface area (Å²) in [5, 5.41) is 0. The lowest BCUT2D eigenvalue weighted by Crippen LogP contribution is -1.93. The van der Waals surface area contributed by atoms with Crippen molar-refractivity contribution in [2.24, 2.45) is 0 Å². The Bertz CT molecular complexity index is 557. The molecule has 2 aromatic rings. The van der Waals surface area contributed by atoms with Gasteiger partial charge in [0.05, 0.1) is 6.07 Å². The third kappa shape index (κ3) is 2.27. The summed E-state index contributed by atoms with van der Waals surface area (Å²) in [5.74, 6) is -5.87. The standard InChI is InChI=1S/C12H4F5/c13-7-1-6(2-8(14)3-7)9-4-11(16)12(17)5-10(9)15/h1-2,4-5H. The van der Waals surface area contributed by atoms with Gasteiger partial charge in [0.15, 0.2) is 11.6 Å². The first kappa shape index (κ1) is 11.6. The maximum Gasteiger partial charge on any atom is 0.161 e. The van der Waals surface area contributed by atoms with Gasteiger partial charge in [0.2, 0.25) is 0 Å². The quantitative estimate of drug-likeness (QED) is 0.527. The largest absolute Gasteiger partial charge is 0.206 e. The summed E-state index contributed by atoms with van der Waals surface area (Å²) >= 11 is 0. The topological polar surface area (TPSA) is 0 Å². The molecule has 0 atom stereocenters. The second-order valence-electron chi connectivity index (χ2n) is 3.31. The zero-order chi connectivity index (χ0) is 12.6. The monoisotopic (exact) mass is 243 g/mol. The average molecular weight is 243 g/mol. The van der Waals surface area contributed by atoms with E-state index in [1.54, 1.807) is 6.07 Å². The van der Waals surface area contributed by atoms with Crippen molar-refractivity contribution < 1.29 is 22.0 Å². The summed E-state index contributed by atoms with van der Waals surface area (Å²) in [5.41, 5.74) is -0.647. The molecular formula is C12H4F5. The van der Waals surface area contributed by atoms with Gasteiger partial charge in [0, 0.05) is 11.6 Å². The van der Waals surface area contributed by atoms with Crippen molar-refractivity contribution in [1.82, 2.24) is 0 Å². The normalized spacial score (nSPS) is 10.6. The lowest BCUT2D eigenvalue weighted by Gasteiger charge is -2.05. The summed E-state index contributed by atoms with van der Waals surface area (Å²) in [4.78, 5) is 0. The molecule has 5 heteroatoms. The zero-order valence-corrected chi connectivity index (χ0v) is 8.20. The van der Waals surface area contributed by atoms with Crippen LogP contribution in [-0.2, 0) is 0 Å². The number of hydrogen-bond acceptors (Lipinski definition) is 0. The van der Waals surface area contributed by atoms with E-state index in [-0.39, 0.29) is 5.56 Å². The first-order valence-electron chi connectivity index (χ1n) is 4.50. The van der Waals surface area contributed by atoms with Crippen LogP contribution >= 0.6 is 0 Å². The molecule has 0 aliphatic heterocycles. The van der Waals surface area contributed by atoms with Crippen LogP contribution in [0.1, 0.15) is 0 Å². The summed E-state index contributed by atoms with van der Waals surface area (Å²) in [7, 11) is 0. The van der Waals surface area contributed by atoms with E-state index in [0.717, 1.165) is 12.1 Å². The van der Waals surface area contributed by atoms with Crippen molar-refractivity contribution in [3.05, 3.63) is 59.4 Å². The highest BCUT2D eigenvalue weighted by Crippen LogP contribution is 2.26. The molecule has 0 aromatic heterocycles. The van der Waals surface area contributed by atoms with E-state index in [2.05, 4.69) is 0 Å². The Morgan fingerprint density at radius 2 is 1.18 bits per heavy atom. The highest BCUT2D eigenvalue weighted by atomic mass is 19.2. The van der Waals surface area contributed by atoms with Gasteiger partial charge in [-0.1, -0.05) is 0 Å². The van der Waals surface area contributed by atoms with Crippen LogP contribution in [0, 0.1) is 35.2 Å². The van der Waals surface area contributed by atoms with Crippen LogP contribution in [0.15, 0.2) is 24.3 Å². The predicted molar refractivity (Wildman–Crippen MR) is 50.5 cm³/mol. The Kier molecular flexibility index (Phi) is 2.83. The van der Waals surface area contributed by atoms with Gasteiger partial charge < -0.3 is 0 Å². The Morgan fingerprint density at radius 1 is 0.647 bits per heavy atom. The molecule has 2 aromatic carbocycles. The van der Waals surface area contributed by atoms with Crippen LogP contribution in [-0.4, -0.2) is 0 Å². The van der Waals surface area contributed by atoms with Crippen LogP contribution in [0.3, 0.4) is 0 Å². The van der Waals surface area contributed by atoms with Gasteiger partial charge in [-0.3, -0.25) is 0 Å². The van der Waals surface area contributed by atoms with E-state index in [1.165, 1.54) is 0 Å².